The summed E-state index contributed by atoms with van der Waals surface area (Å²) < 4.78 is 16.5. The van der Waals surface area contributed by atoms with E-state index in [1.54, 1.807) is 14.2 Å². The second kappa shape index (κ2) is 4.84. The summed E-state index contributed by atoms with van der Waals surface area (Å²) in [4.78, 5) is 0. The van der Waals surface area contributed by atoms with E-state index in [1.807, 2.05) is 19.1 Å². The van der Waals surface area contributed by atoms with E-state index in [0.29, 0.717) is 17.2 Å². The number of hydrogen-bond donors (Lipinski definition) is 1. The lowest BCUT2D eigenvalue weighted by atomic mass is 9.90. The summed E-state index contributed by atoms with van der Waals surface area (Å²) in [5, 5.41) is 0. The Morgan fingerprint density at radius 3 is 2.06 bits per heavy atom. The summed E-state index contributed by atoms with van der Waals surface area (Å²) in [6, 6.07) is 4.15. The molecule has 0 radical (unpaired) electrons. The molecule has 0 atom stereocenters. The van der Waals surface area contributed by atoms with Crippen LogP contribution in [0.2, 0.25) is 0 Å². The Bertz CT molecular complexity index is 375. The fourth-order valence-corrected chi connectivity index (χ4v) is 2.00. The first-order valence-electron chi connectivity index (χ1n) is 5.79. The molecule has 1 aromatic rings. The predicted octanol–water partition coefficient (Wildman–Crippen LogP) is 1.88. The van der Waals surface area contributed by atoms with Crippen molar-refractivity contribution < 1.29 is 14.2 Å². The molecule has 0 unspecified atom stereocenters. The normalized spacial score (nSPS) is 22.8. The zero-order chi connectivity index (χ0) is 12.4. The van der Waals surface area contributed by atoms with Gasteiger partial charge in [-0.2, -0.15) is 0 Å². The van der Waals surface area contributed by atoms with Gasteiger partial charge in [0.05, 0.1) is 14.2 Å². The Morgan fingerprint density at radius 1 is 1.12 bits per heavy atom. The minimum atomic E-state index is 0.176. The predicted molar refractivity (Wildman–Crippen MR) is 65.9 cm³/mol. The van der Waals surface area contributed by atoms with Crippen molar-refractivity contribution in [3.8, 4) is 17.2 Å². The lowest BCUT2D eigenvalue weighted by Crippen LogP contribution is -2.43. The van der Waals surface area contributed by atoms with Gasteiger partial charge in [0.25, 0.3) is 0 Å². The van der Waals surface area contributed by atoms with Gasteiger partial charge in [0, 0.05) is 6.04 Å². The summed E-state index contributed by atoms with van der Waals surface area (Å²) in [5.41, 5.74) is 6.83. The van der Waals surface area contributed by atoms with Crippen molar-refractivity contribution in [2.24, 2.45) is 5.73 Å². The molecule has 4 nitrogen and oxygen atoms in total. The Labute approximate surface area is 102 Å². The summed E-state index contributed by atoms with van der Waals surface area (Å²) in [7, 11) is 3.27. The van der Waals surface area contributed by atoms with Gasteiger partial charge in [-0.1, -0.05) is 0 Å². The lowest BCUT2D eigenvalue weighted by molar-refractivity contribution is 0.0936. The molecule has 0 amide bonds. The molecule has 17 heavy (non-hydrogen) atoms. The highest BCUT2D eigenvalue weighted by molar-refractivity contribution is 5.53. The van der Waals surface area contributed by atoms with Crippen LogP contribution in [-0.4, -0.2) is 26.4 Å². The van der Waals surface area contributed by atoms with Crippen molar-refractivity contribution >= 4 is 0 Å². The van der Waals surface area contributed by atoms with Crippen LogP contribution in [0, 0.1) is 6.92 Å². The molecular formula is C13H19NO3. The van der Waals surface area contributed by atoms with Gasteiger partial charge in [0.1, 0.15) is 6.10 Å². The van der Waals surface area contributed by atoms with Crippen LogP contribution in [0.3, 0.4) is 0 Å². The standard InChI is InChI=1S/C13H19NO3/c1-8-4-11(15-2)13(12(5-8)16-3)17-10-6-9(14)7-10/h4-5,9-10H,6-7,14H2,1-3H3. The van der Waals surface area contributed by atoms with E-state index >= 15 is 0 Å². The molecule has 4 heteroatoms. The largest absolute Gasteiger partial charge is 0.493 e. The number of methoxy groups -OCH3 is 2. The number of nitrogens with two attached hydrogens (primary N) is 1. The molecule has 2 rings (SSSR count). The first kappa shape index (κ1) is 12.0. The van der Waals surface area contributed by atoms with Crippen molar-refractivity contribution in [3.63, 3.8) is 0 Å². The van der Waals surface area contributed by atoms with Crippen molar-refractivity contribution in [1.82, 2.24) is 0 Å². The Hall–Kier alpha value is -1.42. The first-order valence-corrected chi connectivity index (χ1v) is 5.79. The van der Waals surface area contributed by atoms with Gasteiger partial charge >= 0.3 is 0 Å². The molecule has 1 aliphatic rings. The van der Waals surface area contributed by atoms with Crippen LogP contribution in [0.5, 0.6) is 17.2 Å². The van der Waals surface area contributed by atoms with E-state index in [-0.39, 0.29) is 12.1 Å². The van der Waals surface area contributed by atoms with E-state index in [1.165, 1.54) is 0 Å². The highest BCUT2D eigenvalue weighted by atomic mass is 16.5. The number of benzene rings is 1. The third kappa shape index (κ3) is 2.47. The van der Waals surface area contributed by atoms with Crippen LogP contribution >= 0.6 is 0 Å². The van der Waals surface area contributed by atoms with Crippen molar-refractivity contribution in [1.29, 1.82) is 0 Å². The number of hydrogen-bond acceptors (Lipinski definition) is 4. The second-order valence-electron chi connectivity index (χ2n) is 4.47. The molecule has 94 valence electrons. The molecule has 1 aliphatic carbocycles. The molecule has 0 heterocycles. The van der Waals surface area contributed by atoms with Gasteiger partial charge in [0.15, 0.2) is 11.5 Å². The van der Waals surface area contributed by atoms with E-state index in [2.05, 4.69) is 0 Å². The van der Waals surface area contributed by atoms with Gasteiger partial charge in [0.2, 0.25) is 5.75 Å². The minimum absolute atomic E-state index is 0.176. The Kier molecular flexibility index (Phi) is 3.43. The summed E-state index contributed by atoms with van der Waals surface area (Å²) in [6.07, 6.45) is 1.95. The average molecular weight is 237 g/mol. The second-order valence-corrected chi connectivity index (χ2v) is 4.47. The lowest BCUT2D eigenvalue weighted by Gasteiger charge is -2.33. The SMILES string of the molecule is COc1cc(C)cc(OC)c1OC1CC(N)C1. The maximum absolute atomic E-state index is 5.89. The fourth-order valence-electron chi connectivity index (χ4n) is 2.00. The van der Waals surface area contributed by atoms with Crippen molar-refractivity contribution in [3.05, 3.63) is 17.7 Å². The number of ether oxygens (including phenoxy) is 3. The summed E-state index contributed by atoms with van der Waals surface area (Å²) >= 11 is 0. The zero-order valence-corrected chi connectivity index (χ0v) is 10.5. The molecule has 0 bridgehead atoms. The van der Waals surface area contributed by atoms with Crippen molar-refractivity contribution in [2.45, 2.75) is 31.9 Å². The molecule has 0 aliphatic heterocycles. The molecule has 1 aromatic carbocycles. The van der Waals surface area contributed by atoms with Gasteiger partial charge < -0.3 is 19.9 Å². The maximum atomic E-state index is 5.89. The average Bonchev–Trinajstić information content (AvgIpc) is 2.28. The van der Waals surface area contributed by atoms with Gasteiger partial charge in [-0.3, -0.25) is 0 Å². The number of aryl methyl sites for hydroxylation is 1. The van der Waals surface area contributed by atoms with Crippen LogP contribution in [0.1, 0.15) is 18.4 Å². The van der Waals surface area contributed by atoms with E-state index in [4.69, 9.17) is 19.9 Å². The van der Waals surface area contributed by atoms with Gasteiger partial charge in [-0.15, -0.1) is 0 Å². The quantitative estimate of drug-likeness (QED) is 0.868. The van der Waals surface area contributed by atoms with E-state index in [0.717, 1.165) is 18.4 Å². The summed E-state index contributed by atoms with van der Waals surface area (Å²) in [6.45, 7) is 1.99. The Balaban J connectivity index is 2.23. The first-order chi connectivity index (χ1) is 8.13. The third-order valence-corrected chi connectivity index (χ3v) is 3.02. The highest BCUT2D eigenvalue weighted by Gasteiger charge is 2.29. The van der Waals surface area contributed by atoms with Crippen LogP contribution in [0.15, 0.2) is 12.1 Å². The van der Waals surface area contributed by atoms with Gasteiger partial charge in [-0.05, 0) is 37.5 Å². The zero-order valence-electron chi connectivity index (χ0n) is 10.5. The molecule has 1 fully saturated rings. The molecule has 0 spiro atoms. The van der Waals surface area contributed by atoms with Crippen LogP contribution < -0.4 is 19.9 Å². The van der Waals surface area contributed by atoms with E-state index in [9.17, 15) is 0 Å². The maximum Gasteiger partial charge on any atom is 0.203 e. The third-order valence-electron chi connectivity index (χ3n) is 3.02. The van der Waals surface area contributed by atoms with Gasteiger partial charge in [-0.25, -0.2) is 0 Å². The number of rotatable bonds is 4. The van der Waals surface area contributed by atoms with Crippen LogP contribution in [0.4, 0.5) is 0 Å². The molecule has 1 saturated carbocycles. The molecule has 0 aromatic heterocycles. The highest BCUT2D eigenvalue weighted by Crippen LogP contribution is 2.40. The van der Waals surface area contributed by atoms with Crippen LogP contribution in [0.25, 0.3) is 0 Å². The molecular weight excluding hydrogens is 218 g/mol. The molecule has 0 saturated heterocycles. The fraction of sp³-hybridized carbons (Fsp3) is 0.538. The monoisotopic (exact) mass is 237 g/mol. The smallest absolute Gasteiger partial charge is 0.203 e. The Morgan fingerprint density at radius 2 is 1.65 bits per heavy atom. The minimum Gasteiger partial charge on any atom is -0.493 e. The van der Waals surface area contributed by atoms with Crippen LogP contribution in [-0.2, 0) is 0 Å². The van der Waals surface area contributed by atoms with Crippen molar-refractivity contribution in [2.75, 3.05) is 14.2 Å². The topological polar surface area (TPSA) is 53.7 Å². The summed E-state index contributed by atoms with van der Waals surface area (Å²) in [5.74, 6) is 2.10. The van der Waals surface area contributed by atoms with E-state index < -0.39 is 0 Å². The molecule has 2 N–H and O–H groups in total.